The number of furan rings is 1. The highest BCUT2D eigenvalue weighted by molar-refractivity contribution is 7.89. The van der Waals surface area contributed by atoms with Gasteiger partial charge in [0.05, 0.1) is 17.7 Å². The van der Waals surface area contributed by atoms with Crippen LogP contribution in [0.4, 0.5) is 5.69 Å². The lowest BCUT2D eigenvalue weighted by Gasteiger charge is -2.21. The van der Waals surface area contributed by atoms with E-state index in [0.29, 0.717) is 16.5 Å². The van der Waals surface area contributed by atoms with Gasteiger partial charge in [0.25, 0.3) is 0 Å². The van der Waals surface area contributed by atoms with Gasteiger partial charge in [-0.3, -0.25) is 9.59 Å². The average Bonchev–Trinajstić information content (AvgIpc) is 3.45. The fraction of sp³-hybridized carbons (Fsp3) is 0.0938. The highest BCUT2D eigenvalue weighted by atomic mass is 35.5. The fourth-order valence-corrected chi connectivity index (χ4v) is 5.84. The number of hydrazone groups is 1. The van der Waals surface area contributed by atoms with E-state index < -0.39 is 21.8 Å². The number of carbonyl (C=O) groups is 2. The molecule has 0 spiro atoms. The van der Waals surface area contributed by atoms with E-state index in [1.165, 1.54) is 34.8 Å². The van der Waals surface area contributed by atoms with Crippen LogP contribution in [0.15, 0.2) is 118 Å². The van der Waals surface area contributed by atoms with E-state index in [2.05, 4.69) is 15.8 Å². The van der Waals surface area contributed by atoms with E-state index in [9.17, 15) is 18.0 Å². The SMILES string of the molecule is Cc1ccc(CN(Cc2ccc(/C=N/NC(=O)C(=O)Nc3cccc4ccccc34)o2)S(=O)(=O)c2ccc(Cl)cc2)cc1. The third kappa shape index (κ3) is 7.36. The number of hydrogen-bond donors (Lipinski definition) is 2. The number of nitrogens with one attached hydrogen (secondary N) is 2. The molecule has 0 saturated heterocycles. The van der Waals surface area contributed by atoms with Crippen molar-refractivity contribution in [3.05, 3.63) is 131 Å². The first-order chi connectivity index (χ1) is 20.7. The van der Waals surface area contributed by atoms with E-state index in [1.807, 2.05) is 61.5 Å². The molecule has 0 saturated carbocycles. The first-order valence-corrected chi connectivity index (χ1v) is 15.0. The third-order valence-electron chi connectivity index (χ3n) is 6.55. The molecule has 0 aliphatic heterocycles. The standard InChI is InChI=1S/C32H27ClN4O5S/c1-22-9-11-23(12-10-22)20-37(43(40,41)28-17-13-25(33)14-18-28)21-27-16-15-26(42-27)19-34-36-32(39)31(38)35-30-8-4-6-24-5-2-3-7-29(24)30/h2-19H,20-21H2,1H3,(H,35,38)(H,36,39)/b34-19+. The maximum atomic E-state index is 13.6. The molecule has 0 aliphatic rings. The van der Waals surface area contributed by atoms with Gasteiger partial charge in [0.1, 0.15) is 11.5 Å². The number of halogens is 1. The Morgan fingerprint density at radius 1 is 0.860 bits per heavy atom. The van der Waals surface area contributed by atoms with Crippen LogP contribution in [0.3, 0.4) is 0 Å². The van der Waals surface area contributed by atoms with Crippen LogP contribution >= 0.6 is 11.6 Å². The smallest absolute Gasteiger partial charge is 0.329 e. The Morgan fingerprint density at radius 3 is 2.35 bits per heavy atom. The van der Waals surface area contributed by atoms with Crippen molar-refractivity contribution < 1.29 is 22.4 Å². The van der Waals surface area contributed by atoms with Crippen LogP contribution in [0.2, 0.25) is 5.02 Å². The molecule has 4 aromatic carbocycles. The minimum atomic E-state index is -3.91. The average molecular weight is 615 g/mol. The second-order valence-electron chi connectivity index (χ2n) is 9.70. The number of rotatable bonds is 9. The summed E-state index contributed by atoms with van der Waals surface area (Å²) in [6.45, 7) is 2.00. The van der Waals surface area contributed by atoms with E-state index >= 15 is 0 Å². The molecule has 0 atom stereocenters. The molecule has 0 radical (unpaired) electrons. The van der Waals surface area contributed by atoms with E-state index in [4.69, 9.17) is 16.0 Å². The number of anilines is 1. The topological polar surface area (TPSA) is 121 Å². The number of aryl methyl sites for hydroxylation is 1. The van der Waals surface area contributed by atoms with Gasteiger partial charge in [-0.05, 0) is 60.3 Å². The summed E-state index contributed by atoms with van der Waals surface area (Å²) in [7, 11) is -3.91. The number of sulfonamides is 1. The molecule has 0 aliphatic carbocycles. The number of amides is 2. The molecule has 5 aromatic rings. The molecule has 1 aromatic heterocycles. The van der Waals surface area contributed by atoms with Crippen LogP contribution in [-0.2, 0) is 32.7 Å². The van der Waals surface area contributed by atoms with Crippen molar-refractivity contribution in [2.75, 3.05) is 5.32 Å². The number of benzene rings is 4. The molecule has 9 nitrogen and oxygen atoms in total. The quantitative estimate of drug-likeness (QED) is 0.122. The summed E-state index contributed by atoms with van der Waals surface area (Å²) in [6.07, 6.45) is 1.23. The predicted molar refractivity (Wildman–Crippen MR) is 166 cm³/mol. The lowest BCUT2D eigenvalue weighted by Crippen LogP contribution is -2.32. The molecule has 0 fully saturated rings. The Morgan fingerprint density at radius 2 is 1.58 bits per heavy atom. The van der Waals surface area contributed by atoms with Crippen LogP contribution in [0.25, 0.3) is 10.8 Å². The summed E-state index contributed by atoms with van der Waals surface area (Å²) in [6, 6.07) is 29.6. The molecular formula is C32H27ClN4O5S. The van der Waals surface area contributed by atoms with Gasteiger partial charge in [0.2, 0.25) is 10.0 Å². The Bertz CT molecular complexity index is 1900. The fourth-order valence-electron chi connectivity index (χ4n) is 4.32. The van der Waals surface area contributed by atoms with Crippen molar-refractivity contribution in [1.29, 1.82) is 0 Å². The zero-order valence-corrected chi connectivity index (χ0v) is 24.6. The van der Waals surface area contributed by atoms with Gasteiger partial charge in [0.15, 0.2) is 0 Å². The maximum Gasteiger partial charge on any atom is 0.329 e. The van der Waals surface area contributed by atoms with Crippen LogP contribution < -0.4 is 10.7 Å². The molecule has 0 bridgehead atoms. The maximum absolute atomic E-state index is 13.6. The highest BCUT2D eigenvalue weighted by Gasteiger charge is 2.26. The second-order valence-corrected chi connectivity index (χ2v) is 12.1. The predicted octanol–water partition coefficient (Wildman–Crippen LogP) is 5.87. The zero-order chi connectivity index (χ0) is 30.4. The molecule has 2 N–H and O–H groups in total. The Balaban J connectivity index is 1.26. The summed E-state index contributed by atoms with van der Waals surface area (Å²) >= 11 is 5.97. The largest absolute Gasteiger partial charge is 0.459 e. The molecule has 11 heteroatoms. The molecule has 1 heterocycles. The van der Waals surface area contributed by atoms with Crippen LogP contribution in [0.5, 0.6) is 0 Å². The minimum Gasteiger partial charge on any atom is -0.459 e. The molecule has 2 amide bonds. The third-order valence-corrected chi connectivity index (χ3v) is 8.61. The van der Waals surface area contributed by atoms with Crippen LogP contribution in [-0.4, -0.2) is 30.8 Å². The van der Waals surface area contributed by atoms with Gasteiger partial charge < -0.3 is 9.73 Å². The van der Waals surface area contributed by atoms with Crippen LogP contribution in [0.1, 0.15) is 22.6 Å². The molecule has 0 unspecified atom stereocenters. The zero-order valence-electron chi connectivity index (χ0n) is 23.0. The number of carbonyl (C=O) groups excluding carboxylic acids is 2. The van der Waals surface area contributed by atoms with Crippen molar-refractivity contribution in [2.24, 2.45) is 5.10 Å². The van der Waals surface area contributed by atoms with Gasteiger partial charge in [-0.25, -0.2) is 13.8 Å². The minimum absolute atomic E-state index is 0.0630. The highest BCUT2D eigenvalue weighted by Crippen LogP contribution is 2.24. The summed E-state index contributed by atoms with van der Waals surface area (Å²) in [4.78, 5) is 24.9. The van der Waals surface area contributed by atoms with Crippen molar-refractivity contribution in [2.45, 2.75) is 24.9 Å². The van der Waals surface area contributed by atoms with Crippen molar-refractivity contribution in [3.63, 3.8) is 0 Å². The molecule has 218 valence electrons. The van der Waals surface area contributed by atoms with Gasteiger partial charge >= 0.3 is 11.8 Å². The Hall–Kier alpha value is -4.77. The van der Waals surface area contributed by atoms with E-state index in [0.717, 1.165) is 21.9 Å². The van der Waals surface area contributed by atoms with E-state index in [-0.39, 0.29) is 23.7 Å². The first kappa shape index (κ1) is 29.7. The van der Waals surface area contributed by atoms with Crippen LogP contribution in [0, 0.1) is 6.92 Å². The molecule has 5 rings (SSSR count). The second kappa shape index (κ2) is 13.0. The lowest BCUT2D eigenvalue weighted by atomic mass is 10.1. The monoisotopic (exact) mass is 614 g/mol. The van der Waals surface area contributed by atoms with Gasteiger partial charge in [-0.15, -0.1) is 0 Å². The van der Waals surface area contributed by atoms with Gasteiger partial charge in [-0.1, -0.05) is 77.8 Å². The van der Waals surface area contributed by atoms with Crippen molar-refractivity contribution in [3.8, 4) is 0 Å². The van der Waals surface area contributed by atoms with E-state index in [1.54, 1.807) is 24.3 Å². The summed E-state index contributed by atoms with van der Waals surface area (Å²) in [5.41, 5.74) is 4.55. The Kier molecular flexibility index (Phi) is 9.01. The summed E-state index contributed by atoms with van der Waals surface area (Å²) in [5, 5.41) is 8.56. The molecular weight excluding hydrogens is 588 g/mol. The normalized spacial score (nSPS) is 11.7. The van der Waals surface area contributed by atoms with Crippen molar-refractivity contribution in [1.82, 2.24) is 9.73 Å². The Labute approximate surface area is 253 Å². The summed E-state index contributed by atoms with van der Waals surface area (Å²) in [5.74, 6) is -1.24. The van der Waals surface area contributed by atoms with Crippen molar-refractivity contribution >= 4 is 56.1 Å². The number of fused-ring (bicyclic) bond motifs is 1. The molecule has 43 heavy (non-hydrogen) atoms. The lowest BCUT2D eigenvalue weighted by molar-refractivity contribution is -0.136. The van der Waals surface area contributed by atoms with Gasteiger partial charge in [-0.2, -0.15) is 9.41 Å². The first-order valence-electron chi connectivity index (χ1n) is 13.2. The summed E-state index contributed by atoms with van der Waals surface area (Å²) < 4.78 is 34.2. The van der Waals surface area contributed by atoms with Gasteiger partial charge in [0, 0.05) is 22.6 Å². The number of hydrogen-bond acceptors (Lipinski definition) is 6. The number of nitrogens with zero attached hydrogens (tertiary/aromatic N) is 2.